The summed E-state index contributed by atoms with van der Waals surface area (Å²) in [6.45, 7) is 0.466. The van der Waals surface area contributed by atoms with Gasteiger partial charge in [0.1, 0.15) is 6.61 Å². The van der Waals surface area contributed by atoms with E-state index in [1.165, 1.54) is 0 Å². The molecule has 1 rings (SSSR count). The number of cyclic esters (lactones) is 1. The van der Waals surface area contributed by atoms with Gasteiger partial charge in [0.25, 0.3) is 0 Å². The van der Waals surface area contributed by atoms with Gasteiger partial charge in [-0.3, -0.25) is 0 Å². The number of nitrogens with two attached hydrogens (primary N) is 1. The topological polar surface area (TPSA) is 81.9 Å². The van der Waals surface area contributed by atoms with Gasteiger partial charge in [0.2, 0.25) is 0 Å². The molecular weight excluding hydrogens is 140 g/mol. The largest absolute Gasteiger partial charge is 0.445 e. The normalized spacial score (nSPS) is 16.8. The third kappa shape index (κ3) is 1.28. The smallest absolute Gasteiger partial charge is 0.443 e. The Hall–Kier alpha value is -1.46. The number of rotatable bonds is 1. The third-order valence-electron chi connectivity index (χ3n) is 0.924. The second-order valence-electron chi connectivity index (χ2n) is 1.63. The summed E-state index contributed by atoms with van der Waals surface area (Å²) in [5.41, 5.74) is 4.62. The Morgan fingerprint density at radius 2 is 2.50 bits per heavy atom. The van der Waals surface area contributed by atoms with Crippen LogP contribution >= 0.6 is 0 Å². The van der Waals surface area contributed by atoms with E-state index in [0.717, 1.165) is 5.06 Å². The Bertz CT molecular complexity index is 169. The standard InChI is InChI=1S/C4H6N2O4/c5-3(7)10-6-1-2-9-4(6)8/h1-2H2,(H2,5,7). The number of hydrogen-bond acceptors (Lipinski definition) is 4. The highest BCUT2D eigenvalue weighted by Gasteiger charge is 2.24. The molecule has 1 aliphatic rings. The van der Waals surface area contributed by atoms with E-state index >= 15 is 0 Å². The first-order chi connectivity index (χ1) is 4.70. The maximum absolute atomic E-state index is 10.5. The Labute approximate surface area is 56.4 Å². The van der Waals surface area contributed by atoms with Gasteiger partial charge in [0.15, 0.2) is 0 Å². The summed E-state index contributed by atoms with van der Waals surface area (Å²) in [7, 11) is 0. The molecule has 0 spiro atoms. The van der Waals surface area contributed by atoms with Gasteiger partial charge in [0.05, 0.1) is 6.54 Å². The first-order valence-electron chi connectivity index (χ1n) is 2.62. The predicted molar refractivity (Wildman–Crippen MR) is 28.7 cm³/mol. The van der Waals surface area contributed by atoms with E-state index < -0.39 is 12.2 Å². The highest BCUT2D eigenvalue weighted by molar-refractivity contribution is 5.72. The third-order valence-corrected chi connectivity index (χ3v) is 0.924. The minimum Gasteiger partial charge on any atom is -0.445 e. The van der Waals surface area contributed by atoms with Crippen LogP contribution in [0.25, 0.3) is 0 Å². The van der Waals surface area contributed by atoms with Crippen molar-refractivity contribution >= 4 is 12.2 Å². The van der Waals surface area contributed by atoms with Crippen LogP contribution in [0, 0.1) is 0 Å². The fraction of sp³-hybridized carbons (Fsp3) is 0.500. The Morgan fingerprint density at radius 1 is 1.80 bits per heavy atom. The van der Waals surface area contributed by atoms with E-state index in [9.17, 15) is 9.59 Å². The summed E-state index contributed by atoms with van der Waals surface area (Å²) in [5, 5.41) is 0.766. The summed E-state index contributed by atoms with van der Waals surface area (Å²) >= 11 is 0. The second-order valence-corrected chi connectivity index (χ2v) is 1.63. The number of primary amides is 1. The van der Waals surface area contributed by atoms with Crippen molar-refractivity contribution in [1.82, 2.24) is 5.06 Å². The molecule has 6 heteroatoms. The fourth-order valence-corrected chi connectivity index (χ4v) is 0.571. The lowest BCUT2D eigenvalue weighted by molar-refractivity contribution is -0.0433. The van der Waals surface area contributed by atoms with Crippen molar-refractivity contribution < 1.29 is 19.2 Å². The molecule has 2 amide bonds. The number of hydroxylamine groups is 2. The van der Waals surface area contributed by atoms with Crippen LogP contribution in [-0.2, 0) is 9.57 Å². The maximum Gasteiger partial charge on any atom is 0.443 e. The highest BCUT2D eigenvalue weighted by Crippen LogP contribution is 2.02. The zero-order valence-corrected chi connectivity index (χ0v) is 5.07. The van der Waals surface area contributed by atoms with Gasteiger partial charge in [0, 0.05) is 0 Å². The lowest BCUT2D eigenvalue weighted by atomic mass is 10.7. The van der Waals surface area contributed by atoms with Gasteiger partial charge >= 0.3 is 12.2 Å². The first-order valence-corrected chi connectivity index (χ1v) is 2.62. The van der Waals surface area contributed by atoms with Crippen molar-refractivity contribution in [2.24, 2.45) is 5.73 Å². The van der Waals surface area contributed by atoms with Gasteiger partial charge in [-0.05, 0) is 0 Å². The number of hydrogen-bond donors (Lipinski definition) is 1. The molecule has 2 N–H and O–H groups in total. The van der Waals surface area contributed by atoms with E-state index in [1.54, 1.807) is 0 Å². The lowest BCUT2D eigenvalue weighted by Gasteiger charge is -2.07. The molecule has 10 heavy (non-hydrogen) atoms. The van der Waals surface area contributed by atoms with Crippen molar-refractivity contribution in [3.8, 4) is 0 Å². The first kappa shape index (κ1) is 6.66. The molecule has 0 aromatic carbocycles. The zero-order valence-electron chi connectivity index (χ0n) is 5.07. The van der Waals surface area contributed by atoms with Gasteiger partial charge in [-0.2, -0.15) is 0 Å². The van der Waals surface area contributed by atoms with E-state index in [2.05, 4.69) is 15.3 Å². The molecule has 1 fully saturated rings. The van der Waals surface area contributed by atoms with Crippen LogP contribution in [0.2, 0.25) is 0 Å². The minimum atomic E-state index is -1.01. The van der Waals surface area contributed by atoms with Crippen molar-refractivity contribution in [3.63, 3.8) is 0 Å². The predicted octanol–water partition coefficient (Wildman–Crippen LogP) is -0.551. The highest BCUT2D eigenvalue weighted by atomic mass is 16.8. The minimum absolute atomic E-state index is 0.228. The second kappa shape index (κ2) is 2.42. The monoisotopic (exact) mass is 146 g/mol. The fourth-order valence-electron chi connectivity index (χ4n) is 0.571. The van der Waals surface area contributed by atoms with Crippen LogP contribution in [0.3, 0.4) is 0 Å². The summed E-state index contributed by atoms with van der Waals surface area (Å²) in [6, 6.07) is 0. The summed E-state index contributed by atoms with van der Waals surface area (Å²) in [6.07, 6.45) is -1.70. The Balaban J connectivity index is 2.40. The molecule has 0 aromatic rings. The van der Waals surface area contributed by atoms with Crippen LogP contribution in [-0.4, -0.2) is 30.4 Å². The van der Waals surface area contributed by atoms with E-state index in [0.29, 0.717) is 0 Å². The summed E-state index contributed by atoms with van der Waals surface area (Å²) < 4.78 is 4.42. The number of carbonyl (C=O) groups is 2. The van der Waals surface area contributed by atoms with Crippen molar-refractivity contribution in [3.05, 3.63) is 0 Å². The SMILES string of the molecule is NC(=O)ON1CCOC1=O. The molecule has 0 atom stereocenters. The van der Waals surface area contributed by atoms with Gasteiger partial charge in [-0.1, -0.05) is 0 Å². The van der Waals surface area contributed by atoms with Crippen molar-refractivity contribution in [2.45, 2.75) is 0 Å². The number of carbonyl (C=O) groups excluding carboxylic acids is 2. The van der Waals surface area contributed by atoms with Crippen LogP contribution in [0.5, 0.6) is 0 Å². The molecule has 1 aliphatic heterocycles. The Morgan fingerprint density at radius 3 is 2.90 bits per heavy atom. The average molecular weight is 146 g/mol. The van der Waals surface area contributed by atoms with Crippen molar-refractivity contribution in [2.75, 3.05) is 13.2 Å². The summed E-state index contributed by atoms with van der Waals surface area (Å²) in [4.78, 5) is 24.8. The lowest BCUT2D eigenvalue weighted by Crippen LogP contribution is -2.30. The van der Waals surface area contributed by atoms with Crippen LogP contribution in [0.1, 0.15) is 0 Å². The quantitative estimate of drug-likeness (QED) is 0.538. The Kier molecular flexibility index (Phi) is 1.61. The number of amides is 2. The van der Waals surface area contributed by atoms with Crippen LogP contribution < -0.4 is 5.73 Å². The molecule has 0 bridgehead atoms. The van der Waals surface area contributed by atoms with Gasteiger partial charge < -0.3 is 15.3 Å². The number of ether oxygens (including phenoxy) is 1. The zero-order chi connectivity index (χ0) is 7.56. The molecule has 0 radical (unpaired) electrons. The molecule has 6 nitrogen and oxygen atoms in total. The molecule has 1 saturated heterocycles. The molecule has 0 aliphatic carbocycles. The number of nitrogens with zero attached hydrogens (tertiary/aromatic N) is 1. The van der Waals surface area contributed by atoms with E-state index in [1.807, 2.05) is 0 Å². The molecule has 0 saturated carbocycles. The van der Waals surface area contributed by atoms with E-state index in [-0.39, 0.29) is 13.2 Å². The van der Waals surface area contributed by atoms with Crippen LogP contribution in [0.4, 0.5) is 9.59 Å². The van der Waals surface area contributed by atoms with Crippen molar-refractivity contribution in [1.29, 1.82) is 0 Å². The molecule has 1 heterocycles. The molecular formula is C4H6N2O4. The molecule has 0 aromatic heterocycles. The summed E-state index contributed by atoms with van der Waals surface area (Å²) in [5.74, 6) is 0. The average Bonchev–Trinajstić information content (AvgIpc) is 2.15. The maximum atomic E-state index is 10.5. The van der Waals surface area contributed by atoms with Gasteiger partial charge in [-0.15, -0.1) is 5.06 Å². The molecule has 0 unspecified atom stereocenters. The van der Waals surface area contributed by atoms with E-state index in [4.69, 9.17) is 0 Å². The van der Waals surface area contributed by atoms with Gasteiger partial charge in [-0.25, -0.2) is 9.59 Å². The van der Waals surface area contributed by atoms with Crippen LogP contribution in [0.15, 0.2) is 0 Å². The molecule has 56 valence electrons.